The second-order valence-corrected chi connectivity index (χ2v) is 2.55. The topological polar surface area (TPSA) is 102 Å². The lowest BCUT2D eigenvalue weighted by Gasteiger charge is -2.09. The maximum atomic E-state index is 10.5. The molecule has 0 aliphatic rings. The molecule has 2 N–H and O–H groups in total. The van der Waals surface area contributed by atoms with Gasteiger partial charge >= 0.3 is 5.97 Å². The molecule has 0 spiro atoms. The number of methoxy groups -OCH3 is 2. The van der Waals surface area contributed by atoms with Crippen molar-refractivity contribution >= 4 is 5.97 Å². The van der Waals surface area contributed by atoms with Gasteiger partial charge in [0.1, 0.15) is 5.69 Å². The van der Waals surface area contributed by atoms with Crippen molar-refractivity contribution < 1.29 is 24.5 Å². The summed E-state index contributed by atoms with van der Waals surface area (Å²) in [4.78, 5) is 18.0. The van der Waals surface area contributed by atoms with E-state index in [1.165, 1.54) is 20.4 Å². The van der Waals surface area contributed by atoms with Crippen LogP contribution in [-0.2, 0) is 4.79 Å². The van der Waals surface area contributed by atoms with E-state index in [4.69, 9.17) is 14.6 Å². The van der Waals surface area contributed by atoms with Crippen LogP contribution in [0.1, 0.15) is 11.8 Å². The van der Waals surface area contributed by atoms with Crippen molar-refractivity contribution in [2.24, 2.45) is 0 Å². The smallest absolute Gasteiger partial charge is 0.339 e. The SMILES string of the molecule is COc1cnc(C(O)C(=O)O)c(OC)n1. The predicted molar refractivity (Wildman–Crippen MR) is 47.7 cm³/mol. The second-order valence-electron chi connectivity index (χ2n) is 2.55. The molecule has 1 atom stereocenters. The first kappa shape index (κ1) is 11.2. The minimum atomic E-state index is -1.77. The van der Waals surface area contributed by atoms with Crippen LogP contribution in [-0.4, -0.2) is 40.4 Å². The first-order valence-corrected chi connectivity index (χ1v) is 3.96. The number of ether oxygens (including phenoxy) is 2. The number of hydrogen-bond acceptors (Lipinski definition) is 6. The molecule has 7 nitrogen and oxygen atoms in total. The first-order chi connectivity index (χ1) is 7.10. The maximum Gasteiger partial charge on any atom is 0.339 e. The van der Waals surface area contributed by atoms with Gasteiger partial charge in [0.15, 0.2) is 6.10 Å². The number of aliphatic carboxylic acids is 1. The van der Waals surface area contributed by atoms with Crippen LogP contribution in [0.4, 0.5) is 0 Å². The molecule has 15 heavy (non-hydrogen) atoms. The number of hydrogen-bond donors (Lipinski definition) is 2. The van der Waals surface area contributed by atoms with Gasteiger partial charge in [-0.05, 0) is 0 Å². The highest BCUT2D eigenvalue weighted by Gasteiger charge is 2.23. The molecular weight excluding hydrogens is 204 g/mol. The zero-order valence-electron chi connectivity index (χ0n) is 8.17. The third kappa shape index (κ3) is 2.32. The number of aromatic nitrogens is 2. The monoisotopic (exact) mass is 214 g/mol. The van der Waals surface area contributed by atoms with Crippen LogP contribution in [0, 0.1) is 0 Å². The Kier molecular flexibility index (Phi) is 3.40. The zero-order chi connectivity index (χ0) is 11.4. The van der Waals surface area contributed by atoms with Crippen molar-refractivity contribution in [2.45, 2.75) is 6.10 Å². The van der Waals surface area contributed by atoms with Crippen LogP contribution < -0.4 is 9.47 Å². The number of aliphatic hydroxyl groups is 1. The Morgan fingerprint density at radius 2 is 2.13 bits per heavy atom. The molecule has 0 aliphatic carbocycles. The lowest BCUT2D eigenvalue weighted by atomic mass is 10.2. The van der Waals surface area contributed by atoms with Gasteiger partial charge in [-0.15, -0.1) is 0 Å². The molecule has 1 aromatic heterocycles. The molecule has 0 fully saturated rings. The average Bonchev–Trinajstić information content (AvgIpc) is 2.27. The largest absolute Gasteiger partial charge is 0.480 e. The van der Waals surface area contributed by atoms with E-state index in [-0.39, 0.29) is 17.5 Å². The van der Waals surface area contributed by atoms with Crippen molar-refractivity contribution in [3.8, 4) is 11.8 Å². The zero-order valence-corrected chi connectivity index (χ0v) is 8.17. The average molecular weight is 214 g/mol. The summed E-state index contributed by atoms with van der Waals surface area (Å²) in [5, 5.41) is 17.8. The highest BCUT2D eigenvalue weighted by molar-refractivity contribution is 5.74. The molecule has 0 bridgehead atoms. The van der Waals surface area contributed by atoms with Crippen molar-refractivity contribution in [3.63, 3.8) is 0 Å². The van der Waals surface area contributed by atoms with Crippen molar-refractivity contribution in [2.75, 3.05) is 14.2 Å². The van der Waals surface area contributed by atoms with Crippen LogP contribution in [0.5, 0.6) is 11.8 Å². The predicted octanol–water partition coefficient (Wildman–Crippen LogP) is -0.388. The minimum Gasteiger partial charge on any atom is -0.480 e. The number of nitrogens with zero attached hydrogens (tertiary/aromatic N) is 2. The summed E-state index contributed by atoms with van der Waals surface area (Å²) in [7, 11) is 2.68. The van der Waals surface area contributed by atoms with Crippen LogP contribution in [0.2, 0.25) is 0 Å². The van der Waals surface area contributed by atoms with E-state index in [0.717, 1.165) is 0 Å². The molecule has 0 aromatic carbocycles. The van der Waals surface area contributed by atoms with Gasteiger partial charge in [-0.25, -0.2) is 9.78 Å². The summed E-state index contributed by atoms with van der Waals surface area (Å²) in [5.74, 6) is -1.33. The molecule has 0 aliphatic heterocycles. The normalized spacial score (nSPS) is 11.9. The van der Waals surface area contributed by atoms with E-state index < -0.39 is 12.1 Å². The first-order valence-electron chi connectivity index (χ1n) is 3.96. The summed E-state index contributed by atoms with van der Waals surface area (Å²) in [6, 6.07) is 0. The molecule has 1 aromatic rings. The summed E-state index contributed by atoms with van der Waals surface area (Å²) in [6.07, 6.45) is -0.567. The highest BCUT2D eigenvalue weighted by Crippen LogP contribution is 2.22. The molecule has 0 amide bonds. The fourth-order valence-electron chi connectivity index (χ4n) is 0.919. The molecule has 0 radical (unpaired) electrons. The quantitative estimate of drug-likeness (QED) is 0.703. The van der Waals surface area contributed by atoms with Crippen molar-refractivity contribution in [1.29, 1.82) is 0 Å². The Hall–Kier alpha value is -1.89. The molecule has 1 unspecified atom stereocenters. The Morgan fingerprint density at radius 3 is 2.60 bits per heavy atom. The van der Waals surface area contributed by atoms with Gasteiger partial charge in [-0.3, -0.25) is 0 Å². The van der Waals surface area contributed by atoms with E-state index in [1.807, 2.05) is 0 Å². The summed E-state index contributed by atoms with van der Waals surface area (Å²) in [5.41, 5.74) is -0.161. The fourth-order valence-corrected chi connectivity index (χ4v) is 0.919. The van der Waals surface area contributed by atoms with Crippen LogP contribution in [0.15, 0.2) is 6.20 Å². The van der Waals surface area contributed by atoms with E-state index in [1.54, 1.807) is 0 Å². The molecule has 82 valence electrons. The minimum absolute atomic E-state index is 0.0794. The fraction of sp³-hybridized carbons (Fsp3) is 0.375. The number of aliphatic hydroxyl groups excluding tert-OH is 1. The van der Waals surface area contributed by atoms with Gasteiger partial charge in [0, 0.05) is 0 Å². The van der Waals surface area contributed by atoms with Gasteiger partial charge in [-0.1, -0.05) is 0 Å². The van der Waals surface area contributed by atoms with Crippen LogP contribution in [0.3, 0.4) is 0 Å². The molecule has 7 heteroatoms. The summed E-state index contributed by atoms with van der Waals surface area (Å²) in [6.45, 7) is 0. The second kappa shape index (κ2) is 4.56. The van der Waals surface area contributed by atoms with Gasteiger partial charge in [0.2, 0.25) is 11.8 Å². The Morgan fingerprint density at radius 1 is 1.47 bits per heavy atom. The lowest BCUT2D eigenvalue weighted by Crippen LogP contribution is -2.14. The molecular formula is C8H10N2O5. The van der Waals surface area contributed by atoms with E-state index in [2.05, 4.69) is 9.97 Å². The van der Waals surface area contributed by atoms with Gasteiger partial charge < -0.3 is 19.7 Å². The Balaban J connectivity index is 3.12. The Labute approximate surface area is 85.3 Å². The lowest BCUT2D eigenvalue weighted by molar-refractivity contribution is -0.147. The maximum absolute atomic E-state index is 10.5. The number of carbonyl (C=O) groups is 1. The van der Waals surface area contributed by atoms with Crippen molar-refractivity contribution in [3.05, 3.63) is 11.9 Å². The van der Waals surface area contributed by atoms with Gasteiger partial charge in [0.25, 0.3) is 0 Å². The van der Waals surface area contributed by atoms with E-state index in [9.17, 15) is 9.90 Å². The number of carboxylic acids is 1. The van der Waals surface area contributed by atoms with Gasteiger partial charge in [0.05, 0.1) is 20.4 Å². The standard InChI is InChI=1S/C8H10N2O5/c1-14-4-3-9-5(6(11)8(12)13)7(10-4)15-2/h3,6,11H,1-2H3,(H,12,13). The van der Waals surface area contributed by atoms with Gasteiger partial charge in [-0.2, -0.15) is 4.98 Å². The van der Waals surface area contributed by atoms with Crippen LogP contribution in [0.25, 0.3) is 0 Å². The molecule has 0 saturated carbocycles. The molecule has 1 rings (SSSR count). The number of rotatable bonds is 4. The molecule has 0 saturated heterocycles. The summed E-state index contributed by atoms with van der Waals surface area (Å²) >= 11 is 0. The van der Waals surface area contributed by atoms with Crippen molar-refractivity contribution in [1.82, 2.24) is 9.97 Å². The Bertz CT molecular complexity index is 368. The third-order valence-electron chi connectivity index (χ3n) is 1.64. The van der Waals surface area contributed by atoms with E-state index in [0.29, 0.717) is 0 Å². The molecule has 1 heterocycles. The highest BCUT2D eigenvalue weighted by atomic mass is 16.5. The van der Waals surface area contributed by atoms with E-state index >= 15 is 0 Å². The number of carboxylic acid groups (broad SMARTS) is 1. The van der Waals surface area contributed by atoms with Crippen LogP contribution >= 0.6 is 0 Å². The summed E-state index contributed by atoms with van der Waals surface area (Å²) < 4.78 is 9.55. The third-order valence-corrected chi connectivity index (χ3v) is 1.64.